The Hall–Kier alpha value is 0.270. The van der Waals surface area contributed by atoms with Gasteiger partial charge in [-0.3, -0.25) is 0 Å². The SMILES string of the molecule is [O]CCC1CCC[S+]([O-])C1. The van der Waals surface area contributed by atoms with Crippen molar-refractivity contribution in [3.05, 3.63) is 0 Å². The van der Waals surface area contributed by atoms with Crippen molar-refractivity contribution >= 4 is 11.2 Å². The van der Waals surface area contributed by atoms with Crippen LogP contribution in [-0.2, 0) is 16.3 Å². The third-order valence-corrected chi connectivity index (χ3v) is 3.52. The lowest BCUT2D eigenvalue weighted by Crippen LogP contribution is -2.25. The standard InChI is InChI=1S/C7H13O2S/c8-4-3-7-2-1-5-10(9)6-7/h7H,1-6H2. The zero-order valence-corrected chi connectivity index (χ0v) is 6.86. The van der Waals surface area contributed by atoms with Crippen LogP contribution < -0.4 is 0 Å². The monoisotopic (exact) mass is 161 g/mol. The molecule has 10 heavy (non-hydrogen) atoms. The van der Waals surface area contributed by atoms with Crippen LogP contribution in [0.25, 0.3) is 0 Å². The van der Waals surface area contributed by atoms with Crippen molar-refractivity contribution in [1.82, 2.24) is 0 Å². The summed E-state index contributed by atoms with van der Waals surface area (Å²) >= 11 is -0.611. The maximum absolute atomic E-state index is 11.0. The molecule has 0 N–H and O–H groups in total. The molecule has 0 aromatic carbocycles. The molecule has 1 fully saturated rings. The summed E-state index contributed by atoms with van der Waals surface area (Å²) in [5.74, 6) is 2.10. The summed E-state index contributed by atoms with van der Waals surface area (Å²) in [6, 6.07) is 0. The Morgan fingerprint density at radius 3 is 3.00 bits per heavy atom. The van der Waals surface area contributed by atoms with E-state index < -0.39 is 11.2 Å². The summed E-state index contributed by atoms with van der Waals surface area (Å²) in [5, 5.41) is 10.2. The van der Waals surface area contributed by atoms with Crippen LogP contribution in [0.15, 0.2) is 0 Å². The number of hydrogen-bond acceptors (Lipinski definition) is 1. The lowest BCUT2D eigenvalue weighted by atomic mass is 10.0. The van der Waals surface area contributed by atoms with Gasteiger partial charge >= 0.3 is 0 Å². The quantitative estimate of drug-likeness (QED) is 0.556. The van der Waals surface area contributed by atoms with Crippen molar-refractivity contribution in [2.45, 2.75) is 19.3 Å². The van der Waals surface area contributed by atoms with Crippen molar-refractivity contribution in [2.24, 2.45) is 5.92 Å². The Bertz CT molecular complexity index is 95.6. The second kappa shape index (κ2) is 4.21. The Morgan fingerprint density at radius 2 is 2.40 bits per heavy atom. The van der Waals surface area contributed by atoms with Crippen LogP contribution in [0.2, 0.25) is 0 Å². The van der Waals surface area contributed by atoms with E-state index in [4.69, 9.17) is 0 Å². The number of rotatable bonds is 2. The molecule has 0 bridgehead atoms. The van der Waals surface area contributed by atoms with Gasteiger partial charge in [-0.15, -0.1) is 0 Å². The van der Waals surface area contributed by atoms with Gasteiger partial charge < -0.3 is 4.55 Å². The Morgan fingerprint density at radius 1 is 1.60 bits per heavy atom. The molecule has 59 valence electrons. The van der Waals surface area contributed by atoms with Gasteiger partial charge in [0.05, 0.1) is 6.61 Å². The summed E-state index contributed by atoms with van der Waals surface area (Å²) < 4.78 is 11.0. The van der Waals surface area contributed by atoms with Gasteiger partial charge in [-0.25, -0.2) is 5.11 Å². The van der Waals surface area contributed by atoms with Crippen LogP contribution in [0.1, 0.15) is 19.3 Å². The molecule has 1 heterocycles. The Labute approximate surface area is 64.8 Å². The van der Waals surface area contributed by atoms with Crippen molar-refractivity contribution in [1.29, 1.82) is 0 Å². The molecule has 1 aliphatic heterocycles. The van der Waals surface area contributed by atoms with Crippen LogP contribution in [0.4, 0.5) is 0 Å². The second-order valence-electron chi connectivity index (χ2n) is 2.81. The van der Waals surface area contributed by atoms with E-state index in [1.54, 1.807) is 0 Å². The van der Waals surface area contributed by atoms with E-state index in [1.165, 1.54) is 0 Å². The third-order valence-electron chi connectivity index (χ3n) is 1.93. The minimum atomic E-state index is -0.611. The molecule has 0 saturated carbocycles. The molecule has 2 unspecified atom stereocenters. The summed E-state index contributed by atoms with van der Waals surface area (Å²) in [7, 11) is 0. The predicted molar refractivity (Wildman–Crippen MR) is 40.8 cm³/mol. The number of hydrogen-bond donors (Lipinski definition) is 0. The average Bonchev–Trinajstić information content (AvgIpc) is 1.88. The molecule has 1 radical (unpaired) electrons. The Kier molecular flexibility index (Phi) is 3.52. The molecule has 0 aliphatic carbocycles. The highest BCUT2D eigenvalue weighted by atomic mass is 32.2. The van der Waals surface area contributed by atoms with Gasteiger partial charge in [0.1, 0.15) is 11.5 Å². The highest BCUT2D eigenvalue weighted by Gasteiger charge is 2.21. The minimum Gasteiger partial charge on any atom is -0.616 e. The molecule has 0 spiro atoms. The van der Waals surface area contributed by atoms with E-state index in [9.17, 15) is 9.66 Å². The summed E-state index contributed by atoms with van der Waals surface area (Å²) in [4.78, 5) is 0. The van der Waals surface area contributed by atoms with E-state index in [1.807, 2.05) is 0 Å². The van der Waals surface area contributed by atoms with Gasteiger partial charge in [-0.05, 0) is 19.3 Å². The van der Waals surface area contributed by atoms with Gasteiger partial charge in [0, 0.05) is 5.92 Å². The fourth-order valence-corrected chi connectivity index (χ4v) is 2.87. The maximum atomic E-state index is 11.0. The summed E-state index contributed by atoms with van der Waals surface area (Å²) in [6.45, 7) is 0.00185. The van der Waals surface area contributed by atoms with Crippen molar-refractivity contribution in [3.8, 4) is 0 Å². The van der Waals surface area contributed by atoms with Crippen LogP contribution in [0.3, 0.4) is 0 Å². The van der Waals surface area contributed by atoms with E-state index in [2.05, 4.69) is 0 Å². The predicted octanol–water partition coefficient (Wildman–Crippen LogP) is 0.966. The van der Waals surface area contributed by atoms with Gasteiger partial charge in [-0.2, -0.15) is 0 Å². The normalized spacial score (nSPS) is 34.2. The summed E-state index contributed by atoms with van der Waals surface area (Å²) in [5.41, 5.74) is 0. The second-order valence-corrected chi connectivity index (χ2v) is 4.43. The molecular formula is C7H13O2S. The largest absolute Gasteiger partial charge is 0.616 e. The first-order chi connectivity index (χ1) is 4.83. The van der Waals surface area contributed by atoms with Gasteiger partial charge in [-0.1, -0.05) is 11.2 Å². The maximum Gasteiger partial charge on any atom is 0.108 e. The highest BCUT2D eigenvalue weighted by Crippen LogP contribution is 2.20. The fourth-order valence-electron chi connectivity index (χ4n) is 1.36. The zero-order valence-electron chi connectivity index (χ0n) is 6.04. The molecule has 1 rings (SSSR count). The van der Waals surface area contributed by atoms with E-state index >= 15 is 0 Å². The van der Waals surface area contributed by atoms with Gasteiger partial charge in [0.2, 0.25) is 0 Å². The van der Waals surface area contributed by atoms with Gasteiger partial charge in [0.15, 0.2) is 0 Å². The molecule has 2 atom stereocenters. The molecule has 3 heteroatoms. The average molecular weight is 161 g/mol. The minimum absolute atomic E-state index is 0.00185. The van der Waals surface area contributed by atoms with Crippen molar-refractivity contribution < 1.29 is 9.66 Å². The molecule has 0 aromatic rings. The molecule has 1 saturated heterocycles. The first-order valence-corrected chi connectivity index (χ1v) is 5.25. The van der Waals surface area contributed by atoms with E-state index in [0.29, 0.717) is 5.92 Å². The van der Waals surface area contributed by atoms with Crippen molar-refractivity contribution in [2.75, 3.05) is 18.1 Å². The van der Waals surface area contributed by atoms with Gasteiger partial charge in [0.25, 0.3) is 0 Å². The highest BCUT2D eigenvalue weighted by molar-refractivity contribution is 7.91. The van der Waals surface area contributed by atoms with Crippen LogP contribution in [0, 0.1) is 5.92 Å². The molecule has 0 amide bonds. The first-order valence-electron chi connectivity index (χ1n) is 3.76. The summed E-state index contributed by atoms with van der Waals surface area (Å²) in [6.07, 6.45) is 2.90. The molecule has 2 nitrogen and oxygen atoms in total. The lowest BCUT2D eigenvalue weighted by molar-refractivity contribution is 0.171. The molecule has 0 aromatic heterocycles. The van der Waals surface area contributed by atoms with Crippen molar-refractivity contribution in [3.63, 3.8) is 0 Å². The van der Waals surface area contributed by atoms with Crippen LogP contribution in [-0.4, -0.2) is 22.7 Å². The zero-order chi connectivity index (χ0) is 7.40. The van der Waals surface area contributed by atoms with E-state index in [-0.39, 0.29) is 6.61 Å². The first kappa shape index (κ1) is 8.37. The van der Waals surface area contributed by atoms with Crippen LogP contribution in [0.5, 0.6) is 0 Å². The topological polar surface area (TPSA) is 43.0 Å². The molecular weight excluding hydrogens is 148 g/mol. The molecule has 1 aliphatic rings. The smallest absolute Gasteiger partial charge is 0.108 e. The third kappa shape index (κ3) is 2.48. The lowest BCUT2D eigenvalue weighted by Gasteiger charge is -2.23. The van der Waals surface area contributed by atoms with Crippen LogP contribution >= 0.6 is 0 Å². The Balaban J connectivity index is 2.18. The van der Waals surface area contributed by atoms with E-state index in [0.717, 1.165) is 30.8 Å². The fraction of sp³-hybridized carbons (Fsp3) is 1.00.